The lowest BCUT2D eigenvalue weighted by atomic mass is 9.83. The van der Waals surface area contributed by atoms with Gasteiger partial charge < -0.3 is 15.8 Å². The first-order valence-electron chi connectivity index (χ1n) is 9.01. The van der Waals surface area contributed by atoms with E-state index in [0.717, 1.165) is 22.9 Å². The minimum absolute atomic E-state index is 0.148. The lowest BCUT2D eigenvalue weighted by Crippen LogP contribution is -2.43. The number of nitrogens with two attached hydrogens (primary N) is 1. The number of esters is 1. The number of nitrogen functional groups attached to an aromatic ring is 1. The van der Waals surface area contributed by atoms with Gasteiger partial charge in [0.2, 0.25) is 0 Å². The number of nitrogens with one attached hydrogen (secondary N) is 1. The first-order valence-corrected chi connectivity index (χ1v) is 10.3. The Kier molecular flexibility index (Phi) is 8.04. The summed E-state index contributed by atoms with van der Waals surface area (Å²) in [4.78, 5) is 12.3. The van der Waals surface area contributed by atoms with Crippen LogP contribution < -0.4 is 11.1 Å². The number of carbonyl (C=O) groups excluding carboxylic acids is 1. The molecule has 6 heteroatoms. The predicted octanol–water partition coefficient (Wildman–Crippen LogP) is 5.02. The number of rotatable bonds is 8. The van der Waals surface area contributed by atoms with E-state index < -0.39 is 0 Å². The molecule has 0 radical (unpaired) electrons. The van der Waals surface area contributed by atoms with Gasteiger partial charge in [-0.1, -0.05) is 19.3 Å². The number of unbranched alkanes of at least 4 members (excludes halogenated alkanes) is 1. The Morgan fingerprint density at radius 3 is 2.72 bits per heavy atom. The van der Waals surface area contributed by atoms with E-state index >= 15 is 0 Å². The highest BCUT2D eigenvalue weighted by Gasteiger charge is 2.26. The fraction of sp³-hybridized carbons (Fsp3) is 0.632. The fourth-order valence-corrected chi connectivity index (χ4v) is 3.89. The first kappa shape index (κ1) is 20.5. The van der Waals surface area contributed by atoms with Gasteiger partial charge in [-0.15, -0.1) is 11.6 Å². The number of anilines is 1. The molecule has 4 nitrogen and oxygen atoms in total. The van der Waals surface area contributed by atoms with Gasteiger partial charge in [0.15, 0.2) is 0 Å². The standard InChI is InChI=1S/C19H28BrClN2O2/c1-19(7-3-2-4-8-19)23-13-15-11-14(12-16(20)17(15)22)18(24)25-10-6-5-9-21/h11-12,23H,2-10,13,22H2,1H3. The number of hydrogen-bond donors (Lipinski definition) is 2. The van der Waals surface area contributed by atoms with Crippen molar-refractivity contribution in [2.24, 2.45) is 0 Å². The highest BCUT2D eigenvalue weighted by molar-refractivity contribution is 9.10. The summed E-state index contributed by atoms with van der Waals surface area (Å²) >= 11 is 9.10. The van der Waals surface area contributed by atoms with Crippen molar-refractivity contribution in [1.82, 2.24) is 5.32 Å². The molecule has 1 aromatic rings. The molecule has 0 amide bonds. The molecule has 1 aliphatic rings. The van der Waals surface area contributed by atoms with E-state index in [-0.39, 0.29) is 11.5 Å². The molecule has 3 N–H and O–H groups in total. The van der Waals surface area contributed by atoms with Crippen molar-refractivity contribution in [3.05, 3.63) is 27.7 Å². The monoisotopic (exact) mass is 430 g/mol. The molecule has 0 heterocycles. The van der Waals surface area contributed by atoms with Crippen molar-refractivity contribution >= 4 is 39.2 Å². The third kappa shape index (κ3) is 6.15. The third-order valence-corrected chi connectivity index (χ3v) is 5.80. The Hall–Kier alpha value is -0.780. The lowest BCUT2D eigenvalue weighted by molar-refractivity contribution is 0.0499. The summed E-state index contributed by atoms with van der Waals surface area (Å²) in [6.45, 7) is 3.31. The highest BCUT2D eigenvalue weighted by atomic mass is 79.9. The Morgan fingerprint density at radius 2 is 2.04 bits per heavy atom. The molecule has 0 bridgehead atoms. The van der Waals surface area contributed by atoms with Crippen molar-refractivity contribution in [2.75, 3.05) is 18.2 Å². The topological polar surface area (TPSA) is 64.3 Å². The van der Waals surface area contributed by atoms with Gasteiger partial charge in [-0.3, -0.25) is 0 Å². The summed E-state index contributed by atoms with van der Waals surface area (Å²) in [5.41, 5.74) is 8.47. The van der Waals surface area contributed by atoms with Crippen molar-refractivity contribution < 1.29 is 9.53 Å². The summed E-state index contributed by atoms with van der Waals surface area (Å²) in [5.74, 6) is 0.264. The van der Waals surface area contributed by atoms with Crippen LogP contribution in [0.5, 0.6) is 0 Å². The molecule has 0 aliphatic heterocycles. The van der Waals surface area contributed by atoms with Crippen molar-refractivity contribution in [3.63, 3.8) is 0 Å². The fourth-order valence-electron chi connectivity index (χ4n) is 3.20. The van der Waals surface area contributed by atoms with E-state index in [4.69, 9.17) is 22.1 Å². The predicted molar refractivity (Wildman–Crippen MR) is 107 cm³/mol. The van der Waals surface area contributed by atoms with E-state index in [2.05, 4.69) is 28.2 Å². The molecule has 2 rings (SSSR count). The summed E-state index contributed by atoms with van der Waals surface area (Å²) in [6, 6.07) is 3.56. The van der Waals surface area contributed by atoms with Crippen LogP contribution >= 0.6 is 27.5 Å². The Morgan fingerprint density at radius 1 is 1.32 bits per heavy atom. The van der Waals surface area contributed by atoms with Gasteiger partial charge in [-0.05, 0) is 66.2 Å². The second kappa shape index (κ2) is 9.79. The van der Waals surface area contributed by atoms with Crippen LogP contribution in [0.4, 0.5) is 5.69 Å². The summed E-state index contributed by atoms with van der Waals surface area (Å²) in [7, 11) is 0. The quantitative estimate of drug-likeness (QED) is 0.262. The van der Waals surface area contributed by atoms with Crippen molar-refractivity contribution in [2.45, 2.75) is 64.0 Å². The number of carbonyl (C=O) groups is 1. The maximum absolute atomic E-state index is 12.3. The normalized spacial score (nSPS) is 16.6. The van der Waals surface area contributed by atoms with Gasteiger partial charge in [0.25, 0.3) is 0 Å². The van der Waals surface area contributed by atoms with Crippen LogP contribution in [0.25, 0.3) is 0 Å². The highest BCUT2D eigenvalue weighted by Crippen LogP contribution is 2.30. The van der Waals surface area contributed by atoms with Crippen molar-refractivity contribution in [1.29, 1.82) is 0 Å². The molecule has 0 aromatic heterocycles. The zero-order valence-corrected chi connectivity index (χ0v) is 17.2. The summed E-state index contributed by atoms with van der Waals surface area (Å²) < 4.78 is 6.04. The Labute approximate surface area is 164 Å². The molecule has 0 atom stereocenters. The number of benzene rings is 1. The van der Waals surface area contributed by atoms with Crippen LogP contribution in [0.2, 0.25) is 0 Å². The average molecular weight is 432 g/mol. The third-order valence-electron chi connectivity index (χ3n) is 4.87. The van der Waals surface area contributed by atoms with E-state index in [1.807, 2.05) is 6.07 Å². The van der Waals surface area contributed by atoms with E-state index in [1.165, 1.54) is 32.1 Å². The first-order chi connectivity index (χ1) is 11.9. The molecular weight excluding hydrogens is 404 g/mol. The van der Waals surface area contributed by atoms with Crippen LogP contribution in [-0.2, 0) is 11.3 Å². The molecule has 1 aliphatic carbocycles. The zero-order valence-electron chi connectivity index (χ0n) is 14.9. The zero-order chi connectivity index (χ0) is 18.3. The van der Waals surface area contributed by atoms with Crippen LogP contribution in [0.1, 0.15) is 67.8 Å². The van der Waals surface area contributed by atoms with Crippen LogP contribution in [0.3, 0.4) is 0 Å². The lowest BCUT2D eigenvalue weighted by Gasteiger charge is -2.35. The Bertz CT molecular complexity index is 589. The van der Waals surface area contributed by atoms with E-state index in [1.54, 1.807) is 6.07 Å². The molecule has 0 unspecified atom stereocenters. The van der Waals surface area contributed by atoms with Crippen molar-refractivity contribution in [3.8, 4) is 0 Å². The van der Waals surface area contributed by atoms with E-state index in [0.29, 0.717) is 30.3 Å². The number of halogens is 2. The SMILES string of the molecule is CC1(NCc2cc(C(=O)OCCCCCl)cc(Br)c2N)CCCCC1. The Balaban J connectivity index is 2.02. The van der Waals surface area contributed by atoms with Gasteiger partial charge in [0.1, 0.15) is 0 Å². The van der Waals surface area contributed by atoms with Crippen LogP contribution in [0, 0.1) is 0 Å². The van der Waals surface area contributed by atoms with Crippen LogP contribution in [0.15, 0.2) is 16.6 Å². The maximum Gasteiger partial charge on any atom is 0.338 e. The largest absolute Gasteiger partial charge is 0.462 e. The number of hydrogen-bond acceptors (Lipinski definition) is 4. The summed E-state index contributed by atoms with van der Waals surface area (Å²) in [5, 5.41) is 3.64. The molecule has 0 saturated heterocycles. The molecular formula is C19H28BrClN2O2. The second-order valence-corrected chi connectivity index (χ2v) is 8.27. The molecule has 1 aromatic carbocycles. The van der Waals surface area contributed by atoms with Gasteiger partial charge >= 0.3 is 5.97 Å². The number of ether oxygens (including phenoxy) is 1. The molecule has 25 heavy (non-hydrogen) atoms. The van der Waals surface area contributed by atoms with Gasteiger partial charge in [-0.2, -0.15) is 0 Å². The average Bonchev–Trinajstić information content (AvgIpc) is 2.60. The van der Waals surface area contributed by atoms with Gasteiger partial charge in [0, 0.05) is 22.4 Å². The minimum Gasteiger partial charge on any atom is -0.462 e. The van der Waals surface area contributed by atoms with Gasteiger partial charge in [0.05, 0.1) is 17.9 Å². The number of alkyl halides is 1. The smallest absolute Gasteiger partial charge is 0.338 e. The van der Waals surface area contributed by atoms with Gasteiger partial charge in [-0.25, -0.2) is 4.79 Å². The molecule has 0 spiro atoms. The molecule has 140 valence electrons. The van der Waals surface area contributed by atoms with E-state index in [9.17, 15) is 4.79 Å². The summed E-state index contributed by atoms with van der Waals surface area (Å²) in [6.07, 6.45) is 7.81. The molecule has 1 saturated carbocycles. The van der Waals surface area contributed by atoms with Crippen LogP contribution in [-0.4, -0.2) is 24.0 Å². The minimum atomic E-state index is -0.319. The second-order valence-electron chi connectivity index (χ2n) is 7.04. The molecule has 1 fully saturated rings. The maximum atomic E-state index is 12.3.